The van der Waals surface area contributed by atoms with E-state index in [1.165, 1.54) is 32.4 Å². The van der Waals surface area contributed by atoms with Gasteiger partial charge < -0.3 is 9.80 Å². The lowest BCUT2D eigenvalue weighted by Crippen LogP contribution is -2.47. The van der Waals surface area contributed by atoms with Gasteiger partial charge >= 0.3 is 0 Å². The molecule has 22 heavy (non-hydrogen) atoms. The summed E-state index contributed by atoms with van der Waals surface area (Å²) in [6.07, 6.45) is 4.43. The number of likely N-dealkylation sites (tertiary alicyclic amines) is 1. The molecule has 6 heteroatoms. The topological polar surface area (TPSA) is 39.7 Å². The predicted molar refractivity (Wildman–Crippen MR) is 89.0 cm³/mol. The van der Waals surface area contributed by atoms with Crippen molar-refractivity contribution in [1.82, 2.24) is 19.7 Å². The number of thiazole rings is 1. The van der Waals surface area contributed by atoms with Crippen molar-refractivity contribution < 1.29 is 4.79 Å². The fraction of sp³-hybridized carbons (Fsp3) is 0.750. The number of rotatable bonds is 4. The van der Waals surface area contributed by atoms with Crippen LogP contribution >= 0.6 is 11.3 Å². The Morgan fingerprint density at radius 3 is 2.59 bits per heavy atom. The summed E-state index contributed by atoms with van der Waals surface area (Å²) < 4.78 is 0. The minimum absolute atomic E-state index is 0.225. The van der Waals surface area contributed by atoms with Gasteiger partial charge in [-0.3, -0.25) is 9.69 Å². The Kier molecular flexibility index (Phi) is 5.44. The zero-order valence-corrected chi connectivity index (χ0v) is 14.3. The first-order valence-electron chi connectivity index (χ1n) is 8.32. The number of aromatic nitrogens is 1. The van der Waals surface area contributed by atoms with Crippen LogP contribution in [0, 0.1) is 0 Å². The van der Waals surface area contributed by atoms with Crippen LogP contribution in [0.25, 0.3) is 0 Å². The molecule has 0 unspecified atom stereocenters. The van der Waals surface area contributed by atoms with E-state index in [9.17, 15) is 4.79 Å². The normalized spacial score (nSPS) is 21.2. The Labute approximate surface area is 136 Å². The van der Waals surface area contributed by atoms with Crippen LogP contribution in [0.5, 0.6) is 0 Å². The molecule has 0 spiro atoms. The molecule has 2 aliphatic rings. The molecular formula is C16H26N4OS. The first kappa shape index (κ1) is 15.9. The number of carbonyl (C=O) groups excluding carboxylic acids is 1. The predicted octanol–water partition coefficient (Wildman–Crippen LogP) is 1.45. The highest BCUT2D eigenvalue weighted by molar-refractivity contribution is 7.09. The quantitative estimate of drug-likeness (QED) is 0.841. The van der Waals surface area contributed by atoms with Crippen molar-refractivity contribution >= 4 is 17.2 Å². The summed E-state index contributed by atoms with van der Waals surface area (Å²) in [5.41, 5.74) is 0.945. The molecular weight excluding hydrogens is 296 g/mol. The van der Waals surface area contributed by atoms with Crippen molar-refractivity contribution in [3.63, 3.8) is 0 Å². The van der Waals surface area contributed by atoms with Crippen LogP contribution in [0.4, 0.5) is 0 Å². The van der Waals surface area contributed by atoms with Gasteiger partial charge in [0.05, 0.1) is 18.7 Å². The van der Waals surface area contributed by atoms with E-state index in [0.717, 1.165) is 43.4 Å². The molecule has 0 N–H and O–H groups in total. The molecule has 1 aromatic heterocycles. The first-order chi connectivity index (χ1) is 10.7. The van der Waals surface area contributed by atoms with E-state index in [1.54, 1.807) is 11.3 Å². The molecule has 122 valence electrons. The molecule has 3 heterocycles. The van der Waals surface area contributed by atoms with Crippen LogP contribution < -0.4 is 0 Å². The summed E-state index contributed by atoms with van der Waals surface area (Å²) in [7, 11) is 2.11. The molecule has 0 aromatic carbocycles. The molecule has 1 aromatic rings. The van der Waals surface area contributed by atoms with Crippen LogP contribution in [0.15, 0.2) is 5.38 Å². The third-order valence-electron chi connectivity index (χ3n) is 4.60. The molecule has 3 rings (SSSR count). The zero-order valence-electron chi connectivity index (χ0n) is 13.5. The van der Waals surface area contributed by atoms with E-state index in [0.29, 0.717) is 6.42 Å². The number of amides is 1. The monoisotopic (exact) mass is 322 g/mol. The van der Waals surface area contributed by atoms with Gasteiger partial charge in [-0.15, -0.1) is 11.3 Å². The molecule has 2 fully saturated rings. The Morgan fingerprint density at radius 1 is 1.14 bits per heavy atom. The second kappa shape index (κ2) is 7.53. The molecule has 5 nitrogen and oxygen atoms in total. The lowest BCUT2D eigenvalue weighted by molar-refractivity contribution is -0.132. The van der Waals surface area contributed by atoms with E-state index in [1.807, 2.05) is 4.90 Å². The van der Waals surface area contributed by atoms with Crippen molar-refractivity contribution in [1.29, 1.82) is 0 Å². The van der Waals surface area contributed by atoms with Crippen molar-refractivity contribution in [2.45, 2.75) is 32.2 Å². The van der Waals surface area contributed by atoms with Gasteiger partial charge in [0, 0.05) is 31.6 Å². The van der Waals surface area contributed by atoms with Crippen LogP contribution in [0.3, 0.4) is 0 Å². The summed E-state index contributed by atoms with van der Waals surface area (Å²) in [6, 6.07) is 0. The number of hydrogen-bond acceptors (Lipinski definition) is 5. The molecule has 1 amide bonds. The maximum Gasteiger partial charge on any atom is 0.228 e. The van der Waals surface area contributed by atoms with E-state index < -0.39 is 0 Å². The summed E-state index contributed by atoms with van der Waals surface area (Å²) in [5.74, 6) is 0.225. The lowest BCUT2D eigenvalue weighted by Gasteiger charge is -2.32. The number of carbonyl (C=O) groups is 1. The SMILES string of the molecule is CN1CCN(C(=O)Cc2csc(CN3CCCCC3)n2)CC1. The fourth-order valence-corrected chi connectivity index (χ4v) is 3.97. The van der Waals surface area contributed by atoms with E-state index in [4.69, 9.17) is 0 Å². The minimum Gasteiger partial charge on any atom is -0.340 e. The Bertz CT molecular complexity index is 490. The van der Waals surface area contributed by atoms with Crippen molar-refractivity contribution in [3.8, 4) is 0 Å². The van der Waals surface area contributed by atoms with Crippen molar-refractivity contribution in [2.75, 3.05) is 46.3 Å². The van der Waals surface area contributed by atoms with Crippen LogP contribution in [0.1, 0.15) is 30.0 Å². The number of hydrogen-bond donors (Lipinski definition) is 0. The van der Waals surface area contributed by atoms with Gasteiger partial charge in [-0.1, -0.05) is 6.42 Å². The molecule has 0 bridgehead atoms. The Morgan fingerprint density at radius 2 is 1.86 bits per heavy atom. The summed E-state index contributed by atoms with van der Waals surface area (Å²) in [6.45, 7) is 6.98. The second-order valence-electron chi connectivity index (χ2n) is 6.43. The van der Waals surface area contributed by atoms with Gasteiger partial charge in [-0.25, -0.2) is 4.98 Å². The van der Waals surface area contributed by atoms with Gasteiger partial charge in [0.15, 0.2) is 0 Å². The standard InChI is InChI=1S/C16H26N4OS/c1-18-7-9-20(10-8-18)16(21)11-14-13-22-15(17-14)12-19-5-3-2-4-6-19/h13H,2-12H2,1H3. The van der Waals surface area contributed by atoms with Gasteiger partial charge in [0.25, 0.3) is 0 Å². The summed E-state index contributed by atoms with van der Waals surface area (Å²) in [4.78, 5) is 23.7. The van der Waals surface area contributed by atoms with E-state index in [2.05, 4.69) is 27.2 Å². The van der Waals surface area contributed by atoms with Crippen LogP contribution in [0.2, 0.25) is 0 Å². The third-order valence-corrected chi connectivity index (χ3v) is 5.48. The summed E-state index contributed by atoms with van der Waals surface area (Å²) >= 11 is 1.70. The highest BCUT2D eigenvalue weighted by atomic mass is 32.1. The smallest absolute Gasteiger partial charge is 0.228 e. The fourth-order valence-electron chi connectivity index (χ4n) is 3.13. The maximum absolute atomic E-state index is 12.3. The van der Waals surface area contributed by atoms with Crippen LogP contribution in [-0.4, -0.2) is 71.9 Å². The highest BCUT2D eigenvalue weighted by Crippen LogP contribution is 2.17. The van der Waals surface area contributed by atoms with E-state index >= 15 is 0 Å². The van der Waals surface area contributed by atoms with Crippen LogP contribution in [-0.2, 0) is 17.8 Å². The third kappa shape index (κ3) is 4.27. The molecule has 0 aliphatic carbocycles. The van der Waals surface area contributed by atoms with Gasteiger partial charge in [-0.05, 0) is 33.0 Å². The molecule has 0 saturated carbocycles. The van der Waals surface area contributed by atoms with Gasteiger partial charge in [-0.2, -0.15) is 0 Å². The number of piperidine rings is 1. The highest BCUT2D eigenvalue weighted by Gasteiger charge is 2.20. The summed E-state index contributed by atoms with van der Waals surface area (Å²) in [5, 5.41) is 3.22. The Hall–Kier alpha value is -0.980. The zero-order chi connectivity index (χ0) is 15.4. The van der Waals surface area contributed by atoms with Gasteiger partial charge in [0.2, 0.25) is 5.91 Å². The van der Waals surface area contributed by atoms with Crippen molar-refractivity contribution in [2.24, 2.45) is 0 Å². The second-order valence-corrected chi connectivity index (χ2v) is 7.37. The molecule has 0 atom stereocenters. The number of nitrogens with zero attached hydrogens (tertiary/aromatic N) is 4. The molecule has 2 saturated heterocycles. The number of likely N-dealkylation sites (N-methyl/N-ethyl adjacent to an activating group) is 1. The molecule has 0 radical (unpaired) electrons. The van der Waals surface area contributed by atoms with E-state index in [-0.39, 0.29) is 5.91 Å². The Balaban J connectivity index is 1.49. The average Bonchev–Trinajstić information content (AvgIpc) is 2.96. The van der Waals surface area contributed by atoms with Gasteiger partial charge in [0.1, 0.15) is 5.01 Å². The first-order valence-corrected chi connectivity index (χ1v) is 9.20. The largest absolute Gasteiger partial charge is 0.340 e. The average molecular weight is 322 g/mol. The number of piperazine rings is 1. The minimum atomic E-state index is 0.225. The van der Waals surface area contributed by atoms with Crippen molar-refractivity contribution in [3.05, 3.63) is 16.1 Å². The lowest BCUT2D eigenvalue weighted by atomic mass is 10.1. The maximum atomic E-state index is 12.3. The molecule has 2 aliphatic heterocycles.